The minimum absolute atomic E-state index is 0.155. The second kappa shape index (κ2) is 6.48. The van der Waals surface area contributed by atoms with E-state index in [2.05, 4.69) is 24.3 Å². The molecule has 0 aromatic heterocycles. The number of benzene rings is 1. The molecule has 0 amide bonds. The lowest BCUT2D eigenvalue weighted by Crippen LogP contribution is -2.07. The van der Waals surface area contributed by atoms with Crippen molar-refractivity contribution < 1.29 is 0 Å². The minimum atomic E-state index is -0.155. The van der Waals surface area contributed by atoms with Gasteiger partial charge in [-0.15, -0.1) is 11.8 Å². The van der Waals surface area contributed by atoms with Crippen molar-refractivity contribution in [3.05, 3.63) is 29.3 Å². The van der Waals surface area contributed by atoms with Gasteiger partial charge in [-0.1, -0.05) is 12.5 Å². The Hall–Kier alpha value is -0.940. The van der Waals surface area contributed by atoms with Crippen molar-refractivity contribution in [3.63, 3.8) is 0 Å². The number of aryl methyl sites for hydroxylation is 2. The largest absolute Gasteiger partial charge is 0.198 e. The first-order chi connectivity index (χ1) is 9.11. The highest BCUT2D eigenvalue weighted by Crippen LogP contribution is 2.29. The summed E-state index contributed by atoms with van der Waals surface area (Å²) < 4.78 is 0. The number of hydrogen-bond acceptors (Lipinski definition) is 2. The summed E-state index contributed by atoms with van der Waals surface area (Å²) >= 11 is 1.96. The van der Waals surface area contributed by atoms with Crippen molar-refractivity contribution in [3.8, 4) is 6.07 Å². The molecule has 0 atom stereocenters. The highest BCUT2D eigenvalue weighted by molar-refractivity contribution is 7.99. The molecule has 1 aromatic carbocycles. The molecule has 0 bridgehead atoms. The average Bonchev–Trinajstić information content (AvgIpc) is 2.85. The summed E-state index contributed by atoms with van der Waals surface area (Å²) in [7, 11) is 0. The van der Waals surface area contributed by atoms with Crippen molar-refractivity contribution in [2.75, 3.05) is 5.75 Å². The molecule has 1 aliphatic carbocycles. The fraction of sp³-hybridized carbons (Fsp3) is 0.588. The standard InChI is InChI=1S/C17H23NS/c1-17(2,13-18)10-3-4-11-19-16-9-8-14-6-5-7-15(14)12-16/h8-9,12H,3-7,10-11H2,1-2H3. The predicted octanol–water partition coefficient (Wildman–Crippen LogP) is 4.99. The number of unbranched alkanes of at least 4 members (excludes halogenated alkanes) is 1. The van der Waals surface area contributed by atoms with E-state index in [0.29, 0.717) is 0 Å². The Kier molecular flexibility index (Phi) is 4.93. The Morgan fingerprint density at radius 1 is 1.21 bits per heavy atom. The number of fused-ring (bicyclic) bond motifs is 1. The van der Waals surface area contributed by atoms with Gasteiger partial charge in [0.2, 0.25) is 0 Å². The summed E-state index contributed by atoms with van der Waals surface area (Å²) in [6, 6.07) is 9.33. The van der Waals surface area contributed by atoms with Crippen LogP contribution < -0.4 is 0 Å². The molecule has 19 heavy (non-hydrogen) atoms. The molecule has 0 fully saturated rings. The van der Waals surface area contributed by atoms with E-state index in [1.54, 1.807) is 11.1 Å². The van der Waals surface area contributed by atoms with Gasteiger partial charge in [-0.25, -0.2) is 0 Å². The summed E-state index contributed by atoms with van der Waals surface area (Å²) in [4.78, 5) is 1.42. The first-order valence-electron chi connectivity index (χ1n) is 7.27. The maximum Gasteiger partial charge on any atom is 0.0683 e. The van der Waals surface area contributed by atoms with E-state index in [9.17, 15) is 0 Å². The summed E-state index contributed by atoms with van der Waals surface area (Å²) in [5.74, 6) is 1.17. The molecule has 1 nitrogen and oxygen atoms in total. The highest BCUT2D eigenvalue weighted by Gasteiger charge is 2.15. The molecule has 0 radical (unpaired) electrons. The van der Waals surface area contributed by atoms with Crippen LogP contribution in [0.2, 0.25) is 0 Å². The fourth-order valence-corrected chi connectivity index (χ4v) is 3.53. The molecular formula is C17H23NS. The van der Waals surface area contributed by atoms with Crippen LogP contribution in [0.4, 0.5) is 0 Å². The van der Waals surface area contributed by atoms with E-state index in [1.165, 1.54) is 36.3 Å². The van der Waals surface area contributed by atoms with E-state index >= 15 is 0 Å². The Morgan fingerprint density at radius 2 is 2.00 bits per heavy atom. The maximum atomic E-state index is 8.96. The molecule has 102 valence electrons. The van der Waals surface area contributed by atoms with Crippen LogP contribution in [0.1, 0.15) is 50.7 Å². The molecule has 0 heterocycles. The molecular weight excluding hydrogens is 250 g/mol. The third kappa shape index (κ3) is 4.28. The van der Waals surface area contributed by atoms with Gasteiger partial charge in [-0.05, 0) is 75.0 Å². The summed E-state index contributed by atoms with van der Waals surface area (Å²) in [6.07, 6.45) is 7.22. The summed E-state index contributed by atoms with van der Waals surface area (Å²) in [6.45, 7) is 4.06. The summed E-state index contributed by atoms with van der Waals surface area (Å²) in [5.41, 5.74) is 2.97. The van der Waals surface area contributed by atoms with Crippen LogP contribution in [-0.2, 0) is 12.8 Å². The van der Waals surface area contributed by atoms with Gasteiger partial charge >= 0.3 is 0 Å². The van der Waals surface area contributed by atoms with Gasteiger partial charge in [0.15, 0.2) is 0 Å². The van der Waals surface area contributed by atoms with Gasteiger partial charge in [-0.2, -0.15) is 5.26 Å². The van der Waals surface area contributed by atoms with Crippen LogP contribution in [0, 0.1) is 16.7 Å². The van der Waals surface area contributed by atoms with Crippen LogP contribution >= 0.6 is 11.8 Å². The second-order valence-corrected chi connectivity index (χ2v) is 7.25. The van der Waals surface area contributed by atoms with E-state index in [-0.39, 0.29) is 5.41 Å². The van der Waals surface area contributed by atoms with Gasteiger partial charge < -0.3 is 0 Å². The van der Waals surface area contributed by atoms with E-state index in [4.69, 9.17) is 5.26 Å². The van der Waals surface area contributed by atoms with Gasteiger partial charge in [0.1, 0.15) is 0 Å². The van der Waals surface area contributed by atoms with Crippen molar-refractivity contribution >= 4 is 11.8 Å². The van der Waals surface area contributed by atoms with E-state index < -0.39 is 0 Å². The minimum Gasteiger partial charge on any atom is -0.198 e. The van der Waals surface area contributed by atoms with Crippen molar-refractivity contribution in [2.24, 2.45) is 5.41 Å². The van der Waals surface area contributed by atoms with Gasteiger partial charge in [-0.3, -0.25) is 0 Å². The lowest BCUT2D eigenvalue weighted by molar-refractivity contribution is 0.433. The Bertz CT molecular complexity index is 471. The number of thioether (sulfide) groups is 1. The third-order valence-corrected chi connectivity index (χ3v) is 4.92. The molecule has 1 aromatic rings. The Morgan fingerprint density at radius 3 is 2.79 bits per heavy atom. The topological polar surface area (TPSA) is 23.8 Å². The summed E-state index contributed by atoms with van der Waals surface area (Å²) in [5, 5.41) is 8.96. The number of nitriles is 1. The first kappa shape index (κ1) is 14.5. The molecule has 0 saturated carbocycles. The molecule has 0 N–H and O–H groups in total. The second-order valence-electron chi connectivity index (χ2n) is 6.09. The molecule has 0 aliphatic heterocycles. The maximum absolute atomic E-state index is 8.96. The molecule has 0 spiro atoms. The van der Waals surface area contributed by atoms with Crippen LogP contribution in [0.25, 0.3) is 0 Å². The van der Waals surface area contributed by atoms with Gasteiger partial charge in [0.05, 0.1) is 11.5 Å². The number of nitrogens with zero attached hydrogens (tertiary/aromatic N) is 1. The third-order valence-electron chi connectivity index (χ3n) is 3.84. The Balaban J connectivity index is 1.71. The molecule has 2 heteroatoms. The zero-order chi connectivity index (χ0) is 13.7. The molecule has 2 rings (SSSR count). The fourth-order valence-electron chi connectivity index (χ4n) is 2.55. The number of rotatable bonds is 6. The lowest BCUT2D eigenvalue weighted by atomic mass is 9.89. The van der Waals surface area contributed by atoms with Crippen molar-refractivity contribution in [1.82, 2.24) is 0 Å². The van der Waals surface area contributed by atoms with Crippen LogP contribution in [0.5, 0.6) is 0 Å². The average molecular weight is 273 g/mol. The van der Waals surface area contributed by atoms with Crippen LogP contribution in [0.15, 0.2) is 23.1 Å². The lowest BCUT2D eigenvalue weighted by Gasteiger charge is -2.14. The van der Waals surface area contributed by atoms with Crippen LogP contribution in [-0.4, -0.2) is 5.75 Å². The monoisotopic (exact) mass is 273 g/mol. The Labute approximate surface area is 121 Å². The SMILES string of the molecule is CC(C)(C#N)CCCCSc1ccc2c(c1)CCC2. The molecule has 0 saturated heterocycles. The van der Waals surface area contributed by atoms with Gasteiger partial charge in [0.25, 0.3) is 0 Å². The smallest absolute Gasteiger partial charge is 0.0683 e. The van der Waals surface area contributed by atoms with Crippen LogP contribution in [0.3, 0.4) is 0 Å². The van der Waals surface area contributed by atoms with Gasteiger partial charge in [0, 0.05) is 4.90 Å². The van der Waals surface area contributed by atoms with Crippen molar-refractivity contribution in [2.45, 2.75) is 57.3 Å². The zero-order valence-electron chi connectivity index (χ0n) is 12.0. The predicted molar refractivity (Wildman–Crippen MR) is 82.4 cm³/mol. The normalized spacial score (nSPS) is 14.2. The van der Waals surface area contributed by atoms with E-state index in [1.807, 2.05) is 25.6 Å². The first-order valence-corrected chi connectivity index (χ1v) is 8.25. The number of hydrogen-bond donors (Lipinski definition) is 0. The zero-order valence-corrected chi connectivity index (χ0v) is 12.9. The van der Waals surface area contributed by atoms with Crippen molar-refractivity contribution in [1.29, 1.82) is 5.26 Å². The molecule has 0 unspecified atom stereocenters. The van der Waals surface area contributed by atoms with E-state index in [0.717, 1.165) is 12.8 Å². The highest BCUT2D eigenvalue weighted by atomic mass is 32.2. The quantitative estimate of drug-likeness (QED) is 0.538. The molecule has 1 aliphatic rings.